The maximum absolute atomic E-state index is 13.2. The van der Waals surface area contributed by atoms with Crippen LogP contribution in [0.4, 0.5) is 5.69 Å². The van der Waals surface area contributed by atoms with Gasteiger partial charge < -0.3 is 5.32 Å². The Hall–Kier alpha value is -2.22. The van der Waals surface area contributed by atoms with E-state index in [1.807, 2.05) is 30.3 Å². The summed E-state index contributed by atoms with van der Waals surface area (Å²) in [5.74, 6) is -0.0868. The Balaban J connectivity index is 1.49. The van der Waals surface area contributed by atoms with Crippen LogP contribution in [0.5, 0.6) is 0 Å². The van der Waals surface area contributed by atoms with Crippen LogP contribution in [-0.2, 0) is 14.8 Å². The van der Waals surface area contributed by atoms with E-state index in [1.165, 1.54) is 0 Å². The lowest BCUT2D eigenvalue weighted by molar-refractivity contribution is -0.121. The van der Waals surface area contributed by atoms with Crippen molar-refractivity contribution in [3.63, 3.8) is 0 Å². The van der Waals surface area contributed by atoms with Crippen molar-refractivity contribution in [1.82, 2.24) is 9.21 Å². The highest BCUT2D eigenvalue weighted by Gasteiger charge is 2.30. The Morgan fingerprint density at radius 1 is 0.774 bits per heavy atom. The van der Waals surface area contributed by atoms with Gasteiger partial charge in [0.05, 0.1) is 4.90 Å². The number of anilines is 1. The van der Waals surface area contributed by atoms with Crippen molar-refractivity contribution in [3.05, 3.63) is 60.2 Å². The van der Waals surface area contributed by atoms with Crippen LogP contribution in [-0.4, -0.2) is 49.7 Å². The van der Waals surface area contributed by atoms with Gasteiger partial charge in [-0.1, -0.05) is 43.2 Å². The number of likely N-dealkylation sites (tertiary alicyclic amines) is 1. The number of nitrogens with one attached hydrogen (secondary N) is 1. The van der Waals surface area contributed by atoms with Gasteiger partial charge in [-0.25, -0.2) is 8.42 Å². The SMILES string of the molecule is O=C(Nc1ccc(S(=O)(=O)N2CCCCCC2)cc1)C(c1ccccc1)N1CCCC1. The van der Waals surface area contributed by atoms with E-state index in [-0.39, 0.29) is 16.8 Å². The third kappa shape index (κ3) is 5.17. The zero-order valence-electron chi connectivity index (χ0n) is 17.9. The maximum Gasteiger partial charge on any atom is 0.246 e. The normalized spacial score (nSPS) is 19.6. The van der Waals surface area contributed by atoms with Gasteiger partial charge >= 0.3 is 0 Å². The molecule has 31 heavy (non-hydrogen) atoms. The Labute approximate surface area is 185 Å². The maximum atomic E-state index is 13.2. The summed E-state index contributed by atoms with van der Waals surface area (Å²) in [6.45, 7) is 2.96. The van der Waals surface area contributed by atoms with Gasteiger partial charge in [0, 0.05) is 18.8 Å². The van der Waals surface area contributed by atoms with E-state index in [2.05, 4.69) is 10.2 Å². The molecule has 1 amide bonds. The smallest absolute Gasteiger partial charge is 0.246 e. The van der Waals surface area contributed by atoms with Crippen molar-refractivity contribution in [2.75, 3.05) is 31.5 Å². The zero-order valence-corrected chi connectivity index (χ0v) is 18.7. The lowest BCUT2D eigenvalue weighted by Gasteiger charge is -2.27. The number of benzene rings is 2. The van der Waals surface area contributed by atoms with E-state index in [1.54, 1.807) is 28.6 Å². The topological polar surface area (TPSA) is 69.7 Å². The van der Waals surface area contributed by atoms with Crippen molar-refractivity contribution in [2.24, 2.45) is 0 Å². The second-order valence-corrected chi connectivity index (χ2v) is 10.3. The van der Waals surface area contributed by atoms with Gasteiger partial charge in [0.15, 0.2) is 0 Å². The third-order valence-corrected chi connectivity index (χ3v) is 8.11. The van der Waals surface area contributed by atoms with Crippen molar-refractivity contribution in [2.45, 2.75) is 49.5 Å². The molecule has 2 heterocycles. The molecule has 0 radical (unpaired) electrons. The molecule has 1 N–H and O–H groups in total. The summed E-state index contributed by atoms with van der Waals surface area (Å²) in [5.41, 5.74) is 1.59. The molecular weight excluding hydrogens is 410 g/mol. The number of hydrogen-bond donors (Lipinski definition) is 1. The molecule has 0 aliphatic carbocycles. The first-order chi connectivity index (χ1) is 15.1. The minimum absolute atomic E-state index is 0.0868. The summed E-state index contributed by atoms with van der Waals surface area (Å²) in [4.78, 5) is 15.7. The van der Waals surface area contributed by atoms with Gasteiger partial charge in [0.2, 0.25) is 15.9 Å². The molecule has 0 spiro atoms. The quantitative estimate of drug-likeness (QED) is 0.735. The highest BCUT2D eigenvalue weighted by Crippen LogP contribution is 2.27. The average Bonchev–Trinajstić information content (AvgIpc) is 3.15. The van der Waals surface area contributed by atoms with E-state index in [4.69, 9.17) is 0 Å². The highest BCUT2D eigenvalue weighted by molar-refractivity contribution is 7.89. The average molecular weight is 442 g/mol. The van der Waals surface area contributed by atoms with E-state index in [0.29, 0.717) is 18.8 Å². The van der Waals surface area contributed by atoms with Crippen LogP contribution in [0, 0.1) is 0 Å². The molecule has 2 aromatic carbocycles. The van der Waals surface area contributed by atoms with Gasteiger partial charge in [-0.3, -0.25) is 9.69 Å². The van der Waals surface area contributed by atoms with Gasteiger partial charge in [0.1, 0.15) is 6.04 Å². The standard InChI is InChI=1S/C24H31N3O3S/c28-24(23(26-16-8-9-17-26)20-10-4-3-5-11-20)25-21-12-14-22(15-13-21)31(29,30)27-18-6-1-2-7-19-27/h3-5,10-15,23H,1-2,6-9,16-19H2,(H,25,28). The van der Waals surface area contributed by atoms with Gasteiger partial charge in [-0.2, -0.15) is 4.31 Å². The van der Waals surface area contributed by atoms with E-state index in [0.717, 1.165) is 57.2 Å². The summed E-state index contributed by atoms with van der Waals surface area (Å²) in [5, 5.41) is 3.00. The number of carbonyl (C=O) groups is 1. The molecule has 0 bridgehead atoms. The molecule has 4 rings (SSSR count). The van der Waals surface area contributed by atoms with Gasteiger partial charge in [-0.15, -0.1) is 0 Å². The molecule has 166 valence electrons. The lowest BCUT2D eigenvalue weighted by atomic mass is 10.0. The summed E-state index contributed by atoms with van der Waals surface area (Å²) in [6, 6.07) is 16.1. The first-order valence-corrected chi connectivity index (χ1v) is 12.7. The van der Waals surface area contributed by atoms with Crippen molar-refractivity contribution < 1.29 is 13.2 Å². The highest BCUT2D eigenvalue weighted by atomic mass is 32.2. The first-order valence-electron chi connectivity index (χ1n) is 11.3. The van der Waals surface area contributed by atoms with E-state index < -0.39 is 10.0 Å². The van der Waals surface area contributed by atoms with Crippen LogP contribution in [0.25, 0.3) is 0 Å². The summed E-state index contributed by atoms with van der Waals surface area (Å²) in [7, 11) is -3.49. The van der Waals surface area contributed by atoms with Gasteiger partial charge in [0.25, 0.3) is 0 Å². The number of sulfonamides is 1. The molecule has 1 unspecified atom stereocenters. The fraction of sp³-hybridized carbons (Fsp3) is 0.458. The molecule has 6 nitrogen and oxygen atoms in total. The Morgan fingerprint density at radius 3 is 1.97 bits per heavy atom. The molecule has 0 saturated carbocycles. The second-order valence-electron chi connectivity index (χ2n) is 8.39. The summed E-state index contributed by atoms with van der Waals surface area (Å²) < 4.78 is 27.5. The molecule has 2 aromatic rings. The van der Waals surface area contributed by atoms with Crippen LogP contribution in [0.2, 0.25) is 0 Å². The van der Waals surface area contributed by atoms with E-state index >= 15 is 0 Å². The van der Waals surface area contributed by atoms with E-state index in [9.17, 15) is 13.2 Å². The number of carbonyl (C=O) groups excluding carboxylic acids is 1. The van der Waals surface area contributed by atoms with Crippen LogP contribution < -0.4 is 5.32 Å². The van der Waals surface area contributed by atoms with Crippen molar-refractivity contribution in [3.8, 4) is 0 Å². The van der Waals surface area contributed by atoms with Gasteiger partial charge in [-0.05, 0) is 68.6 Å². The fourth-order valence-corrected chi connectivity index (χ4v) is 6.03. The second kappa shape index (κ2) is 9.94. The van der Waals surface area contributed by atoms with Crippen molar-refractivity contribution in [1.29, 1.82) is 0 Å². The molecule has 2 saturated heterocycles. The molecule has 2 aliphatic rings. The Kier molecular flexibility index (Phi) is 7.05. The first kappa shape index (κ1) is 22.0. The summed E-state index contributed by atoms with van der Waals surface area (Å²) in [6.07, 6.45) is 6.17. The lowest BCUT2D eigenvalue weighted by Crippen LogP contribution is -2.35. The predicted octanol–water partition coefficient (Wildman–Crippen LogP) is 4.03. The molecule has 7 heteroatoms. The Morgan fingerprint density at radius 2 is 1.35 bits per heavy atom. The number of rotatable bonds is 6. The monoisotopic (exact) mass is 441 g/mol. The third-order valence-electron chi connectivity index (χ3n) is 6.19. The molecule has 2 fully saturated rings. The minimum atomic E-state index is -3.49. The number of amides is 1. The minimum Gasteiger partial charge on any atom is -0.324 e. The van der Waals surface area contributed by atoms with Crippen molar-refractivity contribution >= 4 is 21.6 Å². The Bertz CT molecular complexity index is 963. The van der Waals surface area contributed by atoms with Crippen LogP contribution in [0.3, 0.4) is 0 Å². The number of hydrogen-bond acceptors (Lipinski definition) is 4. The zero-order chi connectivity index (χ0) is 21.7. The molecule has 2 aliphatic heterocycles. The van der Waals surface area contributed by atoms with Crippen LogP contribution in [0.1, 0.15) is 50.1 Å². The predicted molar refractivity (Wildman–Crippen MR) is 122 cm³/mol. The number of nitrogens with zero attached hydrogens (tertiary/aromatic N) is 2. The fourth-order valence-electron chi connectivity index (χ4n) is 4.52. The summed E-state index contributed by atoms with van der Waals surface area (Å²) >= 11 is 0. The molecule has 0 aromatic heterocycles. The molecular formula is C24H31N3O3S. The van der Waals surface area contributed by atoms with Crippen LogP contribution in [0.15, 0.2) is 59.5 Å². The van der Waals surface area contributed by atoms with Crippen LogP contribution >= 0.6 is 0 Å². The largest absolute Gasteiger partial charge is 0.324 e. The molecule has 1 atom stereocenters.